The largest absolute Gasteiger partial charge is 0.488 e. The lowest BCUT2D eigenvalue weighted by Gasteiger charge is -2.30. The highest BCUT2D eigenvalue weighted by Crippen LogP contribution is 2.39. The standard InChI is InChI=1S/C20H27ClN4O2/c1-20(15-22,16-2-3-16)23-19(26)14-25-10-8-24(9-11-25)12-13-27-18-6-4-17(21)5-7-18/h4-7,16H,2-3,8-14H2,1H3,(H,23,26)/p+2/t20-/m0/s1. The Morgan fingerprint density at radius 2 is 1.89 bits per heavy atom. The topological polar surface area (TPSA) is 71.0 Å². The van der Waals surface area contributed by atoms with Gasteiger partial charge in [0, 0.05) is 5.02 Å². The fourth-order valence-electron chi connectivity index (χ4n) is 3.67. The first-order valence-electron chi connectivity index (χ1n) is 9.76. The van der Waals surface area contributed by atoms with Gasteiger partial charge in [0.1, 0.15) is 50.6 Å². The lowest BCUT2D eigenvalue weighted by molar-refractivity contribution is -1.01. The van der Waals surface area contributed by atoms with E-state index in [0.717, 1.165) is 51.3 Å². The summed E-state index contributed by atoms with van der Waals surface area (Å²) in [4.78, 5) is 15.1. The monoisotopic (exact) mass is 392 g/mol. The van der Waals surface area contributed by atoms with E-state index in [1.165, 1.54) is 9.80 Å². The zero-order valence-electron chi connectivity index (χ0n) is 15.9. The van der Waals surface area contributed by atoms with Crippen molar-refractivity contribution in [3.63, 3.8) is 0 Å². The number of carbonyl (C=O) groups excluding carboxylic acids is 1. The van der Waals surface area contributed by atoms with Crippen LogP contribution in [0.1, 0.15) is 19.8 Å². The van der Waals surface area contributed by atoms with E-state index in [4.69, 9.17) is 16.3 Å². The third-order valence-electron chi connectivity index (χ3n) is 5.64. The van der Waals surface area contributed by atoms with E-state index < -0.39 is 5.54 Å². The summed E-state index contributed by atoms with van der Waals surface area (Å²) in [5.74, 6) is 1.16. The minimum absolute atomic E-state index is 0.00419. The van der Waals surface area contributed by atoms with Crippen LogP contribution in [-0.2, 0) is 4.79 Å². The van der Waals surface area contributed by atoms with Crippen LogP contribution in [0.5, 0.6) is 5.75 Å². The average molecular weight is 393 g/mol. The summed E-state index contributed by atoms with van der Waals surface area (Å²) >= 11 is 5.87. The second-order valence-electron chi connectivity index (χ2n) is 7.87. The molecule has 1 saturated carbocycles. The van der Waals surface area contributed by atoms with Crippen molar-refractivity contribution in [1.82, 2.24) is 5.32 Å². The molecule has 3 rings (SSSR count). The molecule has 0 bridgehead atoms. The second-order valence-corrected chi connectivity index (χ2v) is 8.30. The molecule has 1 heterocycles. The quantitative estimate of drug-likeness (QED) is 0.548. The third-order valence-corrected chi connectivity index (χ3v) is 5.89. The van der Waals surface area contributed by atoms with Crippen molar-refractivity contribution in [2.45, 2.75) is 25.3 Å². The minimum Gasteiger partial charge on any atom is -0.488 e. The predicted octanol–water partition coefficient (Wildman–Crippen LogP) is -0.689. The molecule has 2 aliphatic rings. The molecular weight excluding hydrogens is 364 g/mol. The number of nitrogens with one attached hydrogen (secondary N) is 3. The number of benzene rings is 1. The summed E-state index contributed by atoms with van der Waals surface area (Å²) in [5, 5.41) is 13.0. The highest BCUT2D eigenvalue weighted by molar-refractivity contribution is 6.30. The Labute approximate surface area is 166 Å². The maximum absolute atomic E-state index is 12.3. The van der Waals surface area contributed by atoms with Gasteiger partial charge in [0.2, 0.25) is 0 Å². The maximum atomic E-state index is 12.3. The maximum Gasteiger partial charge on any atom is 0.276 e. The molecule has 1 atom stereocenters. The van der Waals surface area contributed by atoms with Crippen molar-refractivity contribution in [2.24, 2.45) is 5.92 Å². The van der Waals surface area contributed by atoms with E-state index >= 15 is 0 Å². The van der Waals surface area contributed by atoms with Crippen LogP contribution in [0.2, 0.25) is 5.02 Å². The molecule has 2 fully saturated rings. The van der Waals surface area contributed by atoms with Crippen LogP contribution in [0.3, 0.4) is 0 Å². The molecule has 7 heteroatoms. The third kappa shape index (κ3) is 5.83. The van der Waals surface area contributed by atoms with E-state index in [-0.39, 0.29) is 5.91 Å². The highest BCUT2D eigenvalue weighted by atomic mass is 35.5. The first-order chi connectivity index (χ1) is 13.0. The minimum atomic E-state index is -0.692. The number of carbonyl (C=O) groups is 1. The summed E-state index contributed by atoms with van der Waals surface area (Å²) in [6, 6.07) is 9.72. The number of hydrogen-bond donors (Lipinski definition) is 3. The normalized spacial score (nSPS) is 24.5. The number of hydrogen-bond acceptors (Lipinski definition) is 3. The highest BCUT2D eigenvalue weighted by Gasteiger charge is 2.43. The summed E-state index contributed by atoms with van der Waals surface area (Å²) in [6.45, 7) is 7.94. The number of piperazine rings is 1. The SMILES string of the molecule is C[C@@](C#N)(NC(=O)C[NH+]1CC[NH+](CCOc2ccc(Cl)cc2)CC1)C1CC1. The van der Waals surface area contributed by atoms with E-state index in [0.29, 0.717) is 24.1 Å². The lowest BCUT2D eigenvalue weighted by Crippen LogP contribution is -3.28. The van der Waals surface area contributed by atoms with Gasteiger partial charge in [-0.3, -0.25) is 4.79 Å². The first kappa shape index (κ1) is 19.9. The number of ether oxygens (including phenoxy) is 1. The van der Waals surface area contributed by atoms with Gasteiger partial charge < -0.3 is 19.9 Å². The van der Waals surface area contributed by atoms with Crippen molar-refractivity contribution in [2.75, 3.05) is 45.9 Å². The molecule has 3 N–H and O–H groups in total. The Balaban J connectivity index is 1.33. The van der Waals surface area contributed by atoms with E-state index in [1.807, 2.05) is 31.2 Å². The Morgan fingerprint density at radius 1 is 1.26 bits per heavy atom. The Hall–Kier alpha value is -1.81. The van der Waals surface area contributed by atoms with Crippen LogP contribution in [0.4, 0.5) is 0 Å². The Bertz CT molecular complexity index is 678. The number of rotatable bonds is 8. The number of amides is 1. The van der Waals surface area contributed by atoms with Crippen LogP contribution in [0.15, 0.2) is 24.3 Å². The predicted molar refractivity (Wildman–Crippen MR) is 103 cm³/mol. The molecule has 0 aromatic heterocycles. The van der Waals surface area contributed by atoms with Crippen molar-refractivity contribution in [1.29, 1.82) is 5.26 Å². The molecule has 1 aromatic carbocycles. The van der Waals surface area contributed by atoms with Crippen molar-refractivity contribution >= 4 is 17.5 Å². The van der Waals surface area contributed by atoms with E-state index in [1.54, 1.807) is 0 Å². The smallest absolute Gasteiger partial charge is 0.276 e. The molecule has 1 aliphatic heterocycles. The van der Waals surface area contributed by atoms with Crippen molar-refractivity contribution in [3.8, 4) is 11.8 Å². The zero-order chi connectivity index (χ0) is 19.3. The van der Waals surface area contributed by atoms with Crippen molar-refractivity contribution < 1.29 is 19.3 Å². The average Bonchev–Trinajstić information content (AvgIpc) is 3.50. The molecule has 0 spiro atoms. The number of nitriles is 1. The van der Waals surface area contributed by atoms with Gasteiger partial charge in [-0.05, 0) is 49.9 Å². The molecular formula is C20H29ClN4O2+2. The molecule has 0 unspecified atom stereocenters. The molecule has 1 aromatic rings. The van der Waals surface area contributed by atoms with Gasteiger partial charge >= 0.3 is 0 Å². The lowest BCUT2D eigenvalue weighted by atomic mass is 9.98. The second kappa shape index (κ2) is 8.92. The van der Waals surface area contributed by atoms with Crippen molar-refractivity contribution in [3.05, 3.63) is 29.3 Å². The van der Waals surface area contributed by atoms with Gasteiger partial charge in [-0.15, -0.1) is 0 Å². The Morgan fingerprint density at radius 3 is 2.48 bits per heavy atom. The molecule has 146 valence electrons. The molecule has 1 aliphatic carbocycles. The van der Waals surface area contributed by atoms with E-state index in [2.05, 4.69) is 11.4 Å². The van der Waals surface area contributed by atoms with Crippen LogP contribution in [-0.4, -0.2) is 57.3 Å². The van der Waals surface area contributed by atoms with Gasteiger partial charge in [-0.2, -0.15) is 5.26 Å². The molecule has 0 radical (unpaired) electrons. The molecule has 27 heavy (non-hydrogen) atoms. The number of nitrogens with zero attached hydrogens (tertiary/aromatic N) is 1. The summed E-state index contributed by atoms with van der Waals surface area (Å²) in [7, 11) is 0. The number of halogens is 1. The van der Waals surface area contributed by atoms with Crippen LogP contribution in [0.25, 0.3) is 0 Å². The fourth-order valence-corrected chi connectivity index (χ4v) is 3.80. The summed E-state index contributed by atoms with van der Waals surface area (Å²) in [6.07, 6.45) is 2.08. The van der Waals surface area contributed by atoms with Gasteiger partial charge in [-0.25, -0.2) is 0 Å². The van der Waals surface area contributed by atoms with Gasteiger partial charge in [0.05, 0.1) is 6.07 Å². The van der Waals surface area contributed by atoms with Crippen LogP contribution in [0, 0.1) is 17.2 Å². The summed E-state index contributed by atoms with van der Waals surface area (Å²) in [5.41, 5.74) is -0.692. The number of quaternary nitrogens is 2. The van der Waals surface area contributed by atoms with Gasteiger partial charge in [-0.1, -0.05) is 11.6 Å². The van der Waals surface area contributed by atoms with Gasteiger partial charge in [0.25, 0.3) is 5.91 Å². The first-order valence-corrected chi connectivity index (χ1v) is 10.1. The van der Waals surface area contributed by atoms with Gasteiger partial charge in [0.15, 0.2) is 6.54 Å². The van der Waals surface area contributed by atoms with E-state index in [9.17, 15) is 10.1 Å². The summed E-state index contributed by atoms with van der Waals surface area (Å²) < 4.78 is 5.77. The molecule has 1 amide bonds. The fraction of sp³-hybridized carbons (Fsp3) is 0.600. The Kier molecular flexibility index (Phi) is 6.59. The zero-order valence-corrected chi connectivity index (χ0v) is 16.6. The molecule has 1 saturated heterocycles. The molecule has 6 nitrogen and oxygen atoms in total. The van der Waals surface area contributed by atoms with Crippen LogP contribution < -0.4 is 19.9 Å². The van der Waals surface area contributed by atoms with Crippen LogP contribution >= 0.6 is 11.6 Å².